The zero-order valence-electron chi connectivity index (χ0n) is 10.4. The molecule has 1 N–H and O–H groups in total. The molecule has 0 amide bonds. The lowest BCUT2D eigenvalue weighted by molar-refractivity contribution is 0.932. The smallest absolute Gasteiger partial charge is 0.134 e. The highest BCUT2D eigenvalue weighted by Crippen LogP contribution is 2.13. The number of halogens is 1. The number of rotatable bonds is 4. The van der Waals surface area contributed by atoms with Crippen LogP contribution in [0.15, 0.2) is 24.4 Å². The van der Waals surface area contributed by atoms with Gasteiger partial charge in [0.15, 0.2) is 0 Å². The van der Waals surface area contributed by atoms with Gasteiger partial charge in [0, 0.05) is 30.9 Å². The quantitative estimate of drug-likeness (QED) is 0.861. The van der Waals surface area contributed by atoms with E-state index in [1.807, 2.05) is 32.2 Å². The minimum Gasteiger partial charge on any atom is -0.366 e. The van der Waals surface area contributed by atoms with Crippen molar-refractivity contribution >= 4 is 17.4 Å². The third-order valence-electron chi connectivity index (χ3n) is 2.50. The maximum absolute atomic E-state index is 5.93. The Kier molecular flexibility index (Phi) is 4.10. The van der Waals surface area contributed by atoms with Gasteiger partial charge in [0.25, 0.3) is 0 Å². The Morgan fingerprint density at radius 2 is 2.11 bits per heavy atom. The lowest BCUT2D eigenvalue weighted by Gasteiger charge is -2.07. The molecule has 0 aliphatic carbocycles. The molecule has 0 radical (unpaired) electrons. The van der Waals surface area contributed by atoms with Gasteiger partial charge in [-0.05, 0) is 18.6 Å². The van der Waals surface area contributed by atoms with Crippen LogP contribution in [-0.2, 0) is 13.0 Å². The van der Waals surface area contributed by atoms with Crippen molar-refractivity contribution in [2.24, 2.45) is 0 Å². The van der Waals surface area contributed by atoms with Crippen LogP contribution < -0.4 is 5.32 Å². The lowest BCUT2D eigenvalue weighted by Crippen LogP contribution is -2.04. The number of hydrogen-bond acceptors (Lipinski definition) is 4. The van der Waals surface area contributed by atoms with Crippen molar-refractivity contribution < 1.29 is 0 Å². The molecule has 2 aromatic heterocycles. The molecule has 0 spiro atoms. The maximum Gasteiger partial charge on any atom is 0.134 e. The van der Waals surface area contributed by atoms with E-state index >= 15 is 0 Å². The molecule has 0 aliphatic rings. The maximum atomic E-state index is 5.93. The first kappa shape index (κ1) is 12.8. The van der Waals surface area contributed by atoms with E-state index in [0.29, 0.717) is 11.7 Å². The molecular formula is C13H15ClN4. The van der Waals surface area contributed by atoms with E-state index in [0.717, 1.165) is 29.3 Å². The van der Waals surface area contributed by atoms with Crippen molar-refractivity contribution in [2.75, 3.05) is 5.32 Å². The third-order valence-corrected chi connectivity index (χ3v) is 2.70. The molecule has 0 saturated heterocycles. The fourth-order valence-corrected chi connectivity index (χ4v) is 1.71. The Balaban J connectivity index is 2.05. The molecular weight excluding hydrogens is 248 g/mol. The number of nitrogens with one attached hydrogen (secondary N) is 1. The molecule has 0 atom stereocenters. The van der Waals surface area contributed by atoms with Crippen molar-refractivity contribution in [3.8, 4) is 0 Å². The number of hydrogen-bond donors (Lipinski definition) is 1. The topological polar surface area (TPSA) is 50.7 Å². The van der Waals surface area contributed by atoms with E-state index < -0.39 is 0 Å². The molecule has 2 rings (SSSR count). The number of nitrogens with zero attached hydrogens (tertiary/aromatic N) is 3. The normalized spacial score (nSPS) is 10.4. The second-order valence-corrected chi connectivity index (χ2v) is 4.39. The van der Waals surface area contributed by atoms with Crippen LogP contribution in [0.25, 0.3) is 0 Å². The van der Waals surface area contributed by atoms with Crippen LogP contribution in [0.3, 0.4) is 0 Å². The standard InChI is InChI=1S/C13H15ClN4/c1-3-12-17-11(14)6-13(18-12)16-8-10-5-4-9(2)15-7-10/h4-7H,3,8H2,1-2H3,(H,16,17,18). The van der Waals surface area contributed by atoms with Crippen molar-refractivity contribution in [1.82, 2.24) is 15.0 Å². The first-order valence-electron chi connectivity index (χ1n) is 5.86. The Morgan fingerprint density at radius 3 is 2.78 bits per heavy atom. The molecule has 94 valence electrons. The Bertz CT molecular complexity index is 525. The van der Waals surface area contributed by atoms with E-state index in [1.165, 1.54) is 0 Å². The average molecular weight is 263 g/mol. The predicted octanol–water partition coefficient (Wildman–Crippen LogP) is 3.01. The number of aromatic nitrogens is 3. The Morgan fingerprint density at radius 1 is 1.28 bits per heavy atom. The summed E-state index contributed by atoms with van der Waals surface area (Å²) in [5.74, 6) is 1.49. The van der Waals surface area contributed by atoms with E-state index in [9.17, 15) is 0 Å². The molecule has 0 aromatic carbocycles. The highest BCUT2D eigenvalue weighted by molar-refractivity contribution is 6.29. The largest absolute Gasteiger partial charge is 0.366 e. The molecule has 0 aliphatic heterocycles. The Hall–Kier alpha value is -1.68. The van der Waals surface area contributed by atoms with Gasteiger partial charge < -0.3 is 5.32 Å². The fourth-order valence-electron chi connectivity index (χ4n) is 1.51. The molecule has 18 heavy (non-hydrogen) atoms. The molecule has 0 saturated carbocycles. The first-order valence-corrected chi connectivity index (χ1v) is 6.24. The second-order valence-electron chi connectivity index (χ2n) is 4.01. The molecule has 5 heteroatoms. The number of aryl methyl sites for hydroxylation is 2. The van der Waals surface area contributed by atoms with Gasteiger partial charge in [-0.25, -0.2) is 9.97 Å². The summed E-state index contributed by atoms with van der Waals surface area (Å²) in [6.45, 7) is 4.64. The van der Waals surface area contributed by atoms with Gasteiger partial charge >= 0.3 is 0 Å². The van der Waals surface area contributed by atoms with Gasteiger partial charge in [-0.2, -0.15) is 0 Å². The summed E-state index contributed by atoms with van der Waals surface area (Å²) in [4.78, 5) is 12.7. The predicted molar refractivity (Wildman–Crippen MR) is 72.7 cm³/mol. The molecule has 4 nitrogen and oxygen atoms in total. The lowest BCUT2D eigenvalue weighted by atomic mass is 10.2. The zero-order valence-corrected chi connectivity index (χ0v) is 11.2. The van der Waals surface area contributed by atoms with Gasteiger partial charge in [-0.3, -0.25) is 4.98 Å². The summed E-state index contributed by atoms with van der Waals surface area (Å²) in [5, 5.41) is 3.68. The zero-order chi connectivity index (χ0) is 13.0. The second kappa shape index (κ2) is 5.78. The van der Waals surface area contributed by atoms with Gasteiger partial charge in [0.05, 0.1) is 0 Å². The van der Waals surface area contributed by atoms with Crippen LogP contribution in [0.1, 0.15) is 24.0 Å². The van der Waals surface area contributed by atoms with Crippen molar-refractivity contribution in [3.63, 3.8) is 0 Å². The number of anilines is 1. The van der Waals surface area contributed by atoms with Crippen molar-refractivity contribution in [2.45, 2.75) is 26.8 Å². The minimum absolute atomic E-state index is 0.464. The van der Waals surface area contributed by atoms with E-state index in [4.69, 9.17) is 11.6 Å². The van der Waals surface area contributed by atoms with Gasteiger partial charge in [-0.15, -0.1) is 0 Å². The first-order chi connectivity index (χ1) is 8.67. The highest BCUT2D eigenvalue weighted by atomic mass is 35.5. The Labute approximate surface area is 111 Å². The fraction of sp³-hybridized carbons (Fsp3) is 0.308. The minimum atomic E-state index is 0.464. The molecule has 2 heterocycles. The summed E-state index contributed by atoms with van der Waals surface area (Å²) in [5.41, 5.74) is 2.12. The van der Waals surface area contributed by atoms with E-state index in [2.05, 4.69) is 20.3 Å². The monoisotopic (exact) mass is 262 g/mol. The van der Waals surface area contributed by atoms with E-state index in [-0.39, 0.29) is 0 Å². The van der Waals surface area contributed by atoms with Crippen LogP contribution in [0.5, 0.6) is 0 Å². The van der Waals surface area contributed by atoms with E-state index in [1.54, 1.807) is 6.07 Å². The highest BCUT2D eigenvalue weighted by Gasteiger charge is 2.01. The molecule has 2 aromatic rings. The van der Waals surface area contributed by atoms with Crippen molar-refractivity contribution in [1.29, 1.82) is 0 Å². The molecule has 0 bridgehead atoms. The van der Waals surface area contributed by atoms with Crippen LogP contribution >= 0.6 is 11.6 Å². The summed E-state index contributed by atoms with van der Waals surface area (Å²) >= 11 is 5.93. The third kappa shape index (κ3) is 3.40. The summed E-state index contributed by atoms with van der Waals surface area (Å²) in [7, 11) is 0. The van der Waals surface area contributed by atoms with Crippen LogP contribution in [0.2, 0.25) is 5.15 Å². The van der Waals surface area contributed by atoms with Gasteiger partial charge in [0.1, 0.15) is 16.8 Å². The van der Waals surface area contributed by atoms with Crippen LogP contribution in [0, 0.1) is 6.92 Å². The van der Waals surface area contributed by atoms with Crippen LogP contribution in [0.4, 0.5) is 5.82 Å². The summed E-state index contributed by atoms with van der Waals surface area (Å²) in [6.07, 6.45) is 2.62. The van der Waals surface area contributed by atoms with Gasteiger partial charge in [-0.1, -0.05) is 24.6 Å². The van der Waals surface area contributed by atoms with Crippen molar-refractivity contribution in [3.05, 3.63) is 46.6 Å². The molecule has 0 fully saturated rings. The summed E-state index contributed by atoms with van der Waals surface area (Å²) in [6, 6.07) is 5.75. The summed E-state index contributed by atoms with van der Waals surface area (Å²) < 4.78 is 0. The van der Waals surface area contributed by atoms with Gasteiger partial charge in [0.2, 0.25) is 0 Å². The molecule has 0 unspecified atom stereocenters. The average Bonchev–Trinajstić information content (AvgIpc) is 2.37. The number of pyridine rings is 1. The van der Waals surface area contributed by atoms with Crippen LogP contribution in [-0.4, -0.2) is 15.0 Å². The SMILES string of the molecule is CCc1nc(Cl)cc(NCc2ccc(C)nc2)n1.